The molecule has 0 radical (unpaired) electrons. The van der Waals surface area contributed by atoms with Crippen LogP contribution in [0.25, 0.3) is 0 Å². The van der Waals surface area contributed by atoms with E-state index in [4.69, 9.17) is 0 Å². The second-order valence-electron chi connectivity index (χ2n) is 7.42. The standard InChI is InChI=1S/C20H24F2I.C6H6O3S/c1-3-9-17(21)15-11-5-7-13-19(15)23-20-14-8-6-12-16(20)18(22)10-4-2;7-10(8,9)6-4-2-1-3-5-6/h5-8,11-14,17-18H,3-4,9-10H2,1-2H3;1-5H,(H,7,8,9)/q+1;/p-1. The van der Waals surface area contributed by atoms with Crippen LogP contribution in [0.4, 0.5) is 8.78 Å². The fourth-order valence-electron chi connectivity index (χ4n) is 3.15. The molecule has 178 valence electrons. The summed E-state index contributed by atoms with van der Waals surface area (Å²) in [5, 5.41) is 0. The predicted octanol–water partition coefficient (Wildman–Crippen LogP) is 4.03. The zero-order chi connectivity index (χ0) is 24.3. The van der Waals surface area contributed by atoms with Gasteiger partial charge in [-0.05, 0) is 37.1 Å². The van der Waals surface area contributed by atoms with Gasteiger partial charge in [-0.2, -0.15) is 0 Å². The Morgan fingerprint density at radius 3 is 1.48 bits per heavy atom. The Hall–Kier alpha value is -1.84. The van der Waals surface area contributed by atoms with Crippen molar-refractivity contribution >= 4 is 10.1 Å². The molecule has 0 saturated heterocycles. The largest absolute Gasteiger partial charge is 0.744 e. The van der Waals surface area contributed by atoms with Crippen LogP contribution in [-0.2, 0) is 10.1 Å². The van der Waals surface area contributed by atoms with E-state index < -0.39 is 43.7 Å². The lowest BCUT2D eigenvalue weighted by atomic mass is 10.1. The molecule has 2 atom stereocenters. The Balaban J connectivity index is 0.000000321. The lowest BCUT2D eigenvalue weighted by Crippen LogP contribution is -3.62. The Labute approximate surface area is 206 Å². The van der Waals surface area contributed by atoms with Crippen molar-refractivity contribution in [1.29, 1.82) is 0 Å². The third-order valence-electron chi connectivity index (χ3n) is 4.81. The van der Waals surface area contributed by atoms with E-state index in [1.807, 2.05) is 62.4 Å². The van der Waals surface area contributed by atoms with E-state index in [2.05, 4.69) is 0 Å². The van der Waals surface area contributed by atoms with Crippen LogP contribution in [0.1, 0.15) is 63.0 Å². The summed E-state index contributed by atoms with van der Waals surface area (Å²) < 4.78 is 61.8. The summed E-state index contributed by atoms with van der Waals surface area (Å²) in [6.07, 6.45) is 0.911. The van der Waals surface area contributed by atoms with Gasteiger partial charge >= 0.3 is 21.2 Å². The molecule has 7 heteroatoms. The predicted molar refractivity (Wildman–Crippen MR) is 122 cm³/mol. The number of halogens is 3. The molecule has 0 aliphatic heterocycles. The molecule has 3 aromatic carbocycles. The fourth-order valence-corrected chi connectivity index (χ4v) is 6.69. The smallest absolute Gasteiger partial charge is 0.358 e. The second-order valence-corrected chi connectivity index (χ2v) is 11.7. The van der Waals surface area contributed by atoms with Crippen LogP contribution in [0.2, 0.25) is 0 Å². The highest BCUT2D eigenvalue weighted by molar-refractivity contribution is 7.85. The van der Waals surface area contributed by atoms with Gasteiger partial charge in [0, 0.05) is 11.1 Å². The van der Waals surface area contributed by atoms with Crippen molar-refractivity contribution < 1.29 is 43.0 Å². The molecule has 0 bridgehead atoms. The van der Waals surface area contributed by atoms with Gasteiger partial charge in [-0.25, -0.2) is 17.2 Å². The molecule has 0 spiro atoms. The third-order valence-corrected chi connectivity index (χ3v) is 8.78. The normalized spacial score (nSPS) is 13.0. The molecule has 0 aliphatic carbocycles. The summed E-state index contributed by atoms with van der Waals surface area (Å²) in [6, 6.07) is 22.7. The topological polar surface area (TPSA) is 57.2 Å². The Morgan fingerprint density at radius 1 is 0.727 bits per heavy atom. The summed E-state index contributed by atoms with van der Waals surface area (Å²) >= 11 is -0.585. The first-order valence-electron chi connectivity index (χ1n) is 10.9. The van der Waals surface area contributed by atoms with Crippen molar-refractivity contribution in [3.05, 3.63) is 97.1 Å². The Bertz CT molecular complexity index is 1040. The summed E-state index contributed by atoms with van der Waals surface area (Å²) in [5.74, 6) is 0. The van der Waals surface area contributed by atoms with Gasteiger partial charge in [0.15, 0.2) is 0 Å². The SMILES string of the molecule is CCCC(F)c1ccccc1[I+]c1ccccc1C(F)CCC.O=S(=O)([O-])c1ccccc1. The fraction of sp³-hybridized carbons (Fsp3) is 0.308. The molecule has 2 unspecified atom stereocenters. The highest BCUT2D eigenvalue weighted by Gasteiger charge is 2.28. The molecule has 0 fully saturated rings. The minimum atomic E-state index is -4.25. The number of benzene rings is 3. The average molecular weight is 586 g/mol. The second kappa shape index (κ2) is 13.8. The lowest BCUT2D eigenvalue weighted by molar-refractivity contribution is -0.599. The summed E-state index contributed by atoms with van der Waals surface area (Å²) in [6.45, 7) is 4.00. The summed E-state index contributed by atoms with van der Waals surface area (Å²) in [5.41, 5.74) is 1.59. The Morgan fingerprint density at radius 2 is 1.12 bits per heavy atom. The molecule has 3 nitrogen and oxygen atoms in total. The first-order valence-corrected chi connectivity index (χ1v) is 14.5. The molecule has 0 aromatic heterocycles. The average Bonchev–Trinajstić information content (AvgIpc) is 2.80. The van der Waals surface area contributed by atoms with Gasteiger partial charge < -0.3 is 4.55 Å². The van der Waals surface area contributed by atoms with E-state index >= 15 is 0 Å². The van der Waals surface area contributed by atoms with Gasteiger partial charge in [0.2, 0.25) is 7.14 Å². The Kier molecular flexibility index (Phi) is 11.4. The summed E-state index contributed by atoms with van der Waals surface area (Å²) in [7, 11) is -4.25. The number of alkyl halides is 2. The van der Waals surface area contributed by atoms with Gasteiger partial charge in [-0.1, -0.05) is 81.3 Å². The van der Waals surface area contributed by atoms with E-state index in [0.717, 1.165) is 31.1 Å². The van der Waals surface area contributed by atoms with Crippen molar-refractivity contribution in [2.24, 2.45) is 0 Å². The molecule has 3 rings (SSSR count). The van der Waals surface area contributed by atoms with E-state index in [-0.39, 0.29) is 4.90 Å². The molecule has 3 aromatic rings. The van der Waals surface area contributed by atoms with Gasteiger partial charge in [0.05, 0.1) is 4.90 Å². The zero-order valence-electron chi connectivity index (χ0n) is 18.8. The maximum absolute atomic E-state index is 14.4. The molecule has 0 amide bonds. The van der Waals surface area contributed by atoms with E-state index in [0.29, 0.717) is 12.8 Å². The van der Waals surface area contributed by atoms with E-state index in [1.54, 1.807) is 6.07 Å². The van der Waals surface area contributed by atoms with Crippen molar-refractivity contribution in [2.45, 2.75) is 56.8 Å². The quantitative estimate of drug-likeness (QED) is 0.281. The van der Waals surface area contributed by atoms with Gasteiger partial charge in [-0.15, -0.1) is 0 Å². The van der Waals surface area contributed by atoms with Crippen LogP contribution in [0, 0.1) is 7.14 Å². The van der Waals surface area contributed by atoms with Crippen molar-refractivity contribution in [3.63, 3.8) is 0 Å². The molecule has 0 aliphatic rings. The third kappa shape index (κ3) is 8.79. The van der Waals surface area contributed by atoms with Crippen LogP contribution in [-0.4, -0.2) is 13.0 Å². The van der Waals surface area contributed by atoms with Gasteiger partial charge in [0.25, 0.3) is 0 Å². The first-order chi connectivity index (χ1) is 15.8. The number of rotatable bonds is 9. The maximum Gasteiger partial charge on any atom is 0.358 e. The van der Waals surface area contributed by atoms with Crippen molar-refractivity contribution in [3.8, 4) is 0 Å². The molecule has 0 N–H and O–H groups in total. The highest BCUT2D eigenvalue weighted by atomic mass is 127. The van der Waals surface area contributed by atoms with Crippen LogP contribution < -0.4 is 21.2 Å². The monoisotopic (exact) mass is 586 g/mol. The number of hydrogen-bond donors (Lipinski definition) is 0. The lowest BCUT2D eigenvalue weighted by Gasteiger charge is -2.08. The van der Waals surface area contributed by atoms with Crippen LogP contribution in [0.5, 0.6) is 0 Å². The molecular weight excluding hydrogens is 557 g/mol. The minimum absolute atomic E-state index is 0.185. The molecule has 0 heterocycles. The zero-order valence-corrected chi connectivity index (χ0v) is 21.7. The number of hydrogen-bond acceptors (Lipinski definition) is 3. The van der Waals surface area contributed by atoms with Crippen molar-refractivity contribution in [1.82, 2.24) is 0 Å². The van der Waals surface area contributed by atoms with Gasteiger partial charge in [-0.3, -0.25) is 0 Å². The molecule has 33 heavy (non-hydrogen) atoms. The maximum atomic E-state index is 14.4. The van der Waals surface area contributed by atoms with Crippen LogP contribution >= 0.6 is 0 Å². The van der Waals surface area contributed by atoms with Crippen LogP contribution in [0.3, 0.4) is 0 Å². The van der Waals surface area contributed by atoms with E-state index in [9.17, 15) is 21.8 Å². The highest BCUT2D eigenvalue weighted by Crippen LogP contribution is 2.23. The van der Waals surface area contributed by atoms with Crippen molar-refractivity contribution in [2.75, 3.05) is 0 Å². The molecule has 0 saturated carbocycles. The summed E-state index contributed by atoms with van der Waals surface area (Å²) in [4.78, 5) is -0.185. The van der Waals surface area contributed by atoms with Gasteiger partial charge in [0.1, 0.15) is 22.5 Å². The first kappa shape index (κ1) is 27.4. The van der Waals surface area contributed by atoms with E-state index in [1.165, 1.54) is 24.3 Å². The minimum Gasteiger partial charge on any atom is -0.744 e. The molecular formula is C26H29F2IO3S. The van der Waals surface area contributed by atoms with Crippen LogP contribution in [0.15, 0.2) is 83.8 Å².